The highest BCUT2D eigenvalue weighted by atomic mass is 35.5. The number of nitrogens with one attached hydrogen (secondary N) is 2. The van der Waals surface area contributed by atoms with Crippen LogP contribution in [0.1, 0.15) is 16.1 Å². The van der Waals surface area contributed by atoms with Gasteiger partial charge in [-0.1, -0.05) is 29.8 Å². The van der Waals surface area contributed by atoms with Gasteiger partial charge < -0.3 is 19.8 Å². The van der Waals surface area contributed by atoms with Crippen molar-refractivity contribution in [1.82, 2.24) is 10.3 Å². The zero-order valence-electron chi connectivity index (χ0n) is 12.6. The van der Waals surface area contributed by atoms with Crippen molar-refractivity contribution in [3.63, 3.8) is 0 Å². The molecule has 7 heteroatoms. The third kappa shape index (κ3) is 4.84. The first-order chi connectivity index (χ1) is 11.1. The topological polar surface area (TPSA) is 80.4 Å². The fraction of sp³-hybridized carbons (Fsp3) is 0.250. The largest absolute Gasteiger partial charge is 0.483 e. The molecule has 0 saturated carbocycles. The van der Waals surface area contributed by atoms with Gasteiger partial charge in [-0.15, -0.1) is 0 Å². The molecule has 122 valence electrons. The number of hydrogen-bond donors (Lipinski definition) is 2. The number of halogens is 1. The molecule has 0 aliphatic carbocycles. The average molecular weight is 337 g/mol. The van der Waals surface area contributed by atoms with Crippen molar-refractivity contribution in [3.8, 4) is 5.75 Å². The summed E-state index contributed by atoms with van der Waals surface area (Å²) in [6, 6.07) is 8.41. The van der Waals surface area contributed by atoms with Gasteiger partial charge in [-0.2, -0.15) is 0 Å². The van der Waals surface area contributed by atoms with Crippen molar-refractivity contribution >= 4 is 17.5 Å². The summed E-state index contributed by atoms with van der Waals surface area (Å²) in [6.45, 7) is 0.930. The minimum Gasteiger partial charge on any atom is -0.483 e. The van der Waals surface area contributed by atoms with E-state index in [1.807, 2.05) is 18.2 Å². The summed E-state index contributed by atoms with van der Waals surface area (Å²) in [5.41, 5.74) is 0.554. The summed E-state index contributed by atoms with van der Waals surface area (Å²) in [6.07, 6.45) is 1.37. The predicted octanol–water partition coefficient (Wildman–Crippen LogP) is 1.98. The zero-order chi connectivity index (χ0) is 16.7. The van der Waals surface area contributed by atoms with Gasteiger partial charge in [-0.25, -0.2) is 0 Å². The van der Waals surface area contributed by atoms with Gasteiger partial charge in [0.1, 0.15) is 12.3 Å². The maximum Gasteiger partial charge on any atom is 0.267 e. The Hall–Kier alpha value is -2.31. The number of carbonyl (C=O) groups excluding carboxylic acids is 1. The molecule has 0 bridgehead atoms. The number of pyridine rings is 1. The summed E-state index contributed by atoms with van der Waals surface area (Å²) in [7, 11) is 1.54. The van der Waals surface area contributed by atoms with E-state index in [0.717, 1.165) is 5.56 Å². The SMILES string of the molecule is COCCNC(=O)c1cc(=O)c(OCc2ccccc2Cl)c[nH]1. The molecule has 0 fully saturated rings. The molecular formula is C16H17ClN2O4. The van der Waals surface area contributed by atoms with E-state index in [0.29, 0.717) is 18.2 Å². The molecular weight excluding hydrogens is 320 g/mol. The van der Waals surface area contributed by atoms with Crippen LogP contribution in [0.2, 0.25) is 5.02 Å². The molecule has 0 saturated heterocycles. The van der Waals surface area contributed by atoms with Gasteiger partial charge in [0.25, 0.3) is 5.91 Å². The number of benzene rings is 1. The number of carbonyl (C=O) groups is 1. The van der Waals surface area contributed by atoms with Crippen LogP contribution >= 0.6 is 11.6 Å². The Balaban J connectivity index is 2.01. The Bertz CT molecular complexity index is 730. The Morgan fingerprint density at radius 2 is 2.13 bits per heavy atom. The van der Waals surface area contributed by atoms with Crippen molar-refractivity contribution in [2.24, 2.45) is 0 Å². The van der Waals surface area contributed by atoms with Crippen LogP contribution in [-0.4, -0.2) is 31.2 Å². The summed E-state index contributed by atoms with van der Waals surface area (Å²) >= 11 is 6.03. The van der Waals surface area contributed by atoms with E-state index in [4.69, 9.17) is 21.1 Å². The number of ether oxygens (including phenoxy) is 2. The number of amides is 1. The van der Waals surface area contributed by atoms with Crippen LogP contribution < -0.4 is 15.5 Å². The first kappa shape index (κ1) is 17.1. The summed E-state index contributed by atoms with van der Waals surface area (Å²) in [4.78, 5) is 26.6. The van der Waals surface area contributed by atoms with Gasteiger partial charge in [0.15, 0.2) is 5.75 Å². The minimum atomic E-state index is -0.382. The second-order valence-corrected chi connectivity index (χ2v) is 5.11. The van der Waals surface area contributed by atoms with E-state index in [2.05, 4.69) is 10.3 Å². The molecule has 1 aromatic heterocycles. The monoisotopic (exact) mass is 336 g/mol. The first-order valence-electron chi connectivity index (χ1n) is 6.98. The quantitative estimate of drug-likeness (QED) is 0.758. The van der Waals surface area contributed by atoms with Gasteiger partial charge in [-0.05, 0) is 6.07 Å². The number of aromatic amines is 1. The molecule has 2 aromatic rings. The Labute approximate surface area is 138 Å². The van der Waals surface area contributed by atoms with Gasteiger partial charge in [0.2, 0.25) is 5.43 Å². The Kier molecular flexibility index (Phi) is 6.19. The second kappa shape index (κ2) is 8.36. The molecule has 1 amide bonds. The van der Waals surface area contributed by atoms with Crippen molar-refractivity contribution in [3.05, 3.63) is 63.0 Å². The maximum absolute atomic E-state index is 12.0. The standard InChI is InChI=1S/C16H17ClN2O4/c1-22-7-6-18-16(21)13-8-14(20)15(9-19-13)23-10-11-4-2-3-5-12(11)17/h2-5,8-9H,6-7,10H2,1H3,(H,18,21)(H,19,20). The second-order valence-electron chi connectivity index (χ2n) is 4.70. The lowest BCUT2D eigenvalue weighted by Gasteiger charge is -2.08. The van der Waals surface area contributed by atoms with Crippen LogP contribution in [0.5, 0.6) is 5.75 Å². The summed E-state index contributed by atoms with van der Waals surface area (Å²) in [5.74, 6) is -0.254. The van der Waals surface area contributed by atoms with E-state index in [9.17, 15) is 9.59 Å². The fourth-order valence-corrected chi connectivity index (χ4v) is 2.03. The van der Waals surface area contributed by atoms with Crippen LogP contribution in [0, 0.1) is 0 Å². The smallest absolute Gasteiger partial charge is 0.267 e. The van der Waals surface area contributed by atoms with E-state index >= 15 is 0 Å². The van der Waals surface area contributed by atoms with E-state index in [1.54, 1.807) is 13.2 Å². The molecule has 0 atom stereocenters. The van der Waals surface area contributed by atoms with Crippen molar-refractivity contribution < 1.29 is 14.3 Å². The Morgan fingerprint density at radius 3 is 2.83 bits per heavy atom. The third-order valence-corrected chi connectivity index (χ3v) is 3.42. The van der Waals surface area contributed by atoms with Gasteiger partial charge >= 0.3 is 0 Å². The molecule has 2 rings (SSSR count). The molecule has 23 heavy (non-hydrogen) atoms. The highest BCUT2D eigenvalue weighted by Crippen LogP contribution is 2.16. The van der Waals surface area contributed by atoms with Crippen LogP contribution in [0.15, 0.2) is 41.3 Å². The highest BCUT2D eigenvalue weighted by molar-refractivity contribution is 6.31. The van der Waals surface area contributed by atoms with E-state index in [1.165, 1.54) is 12.3 Å². The van der Waals surface area contributed by atoms with E-state index < -0.39 is 0 Å². The lowest BCUT2D eigenvalue weighted by atomic mass is 10.2. The molecule has 0 spiro atoms. The first-order valence-corrected chi connectivity index (χ1v) is 7.35. The van der Waals surface area contributed by atoms with Crippen LogP contribution in [0.25, 0.3) is 0 Å². The molecule has 1 heterocycles. The van der Waals surface area contributed by atoms with Crippen LogP contribution in [-0.2, 0) is 11.3 Å². The number of aromatic nitrogens is 1. The normalized spacial score (nSPS) is 10.3. The van der Waals surface area contributed by atoms with Crippen molar-refractivity contribution in [1.29, 1.82) is 0 Å². The fourth-order valence-electron chi connectivity index (χ4n) is 1.84. The van der Waals surface area contributed by atoms with Gasteiger partial charge in [-0.3, -0.25) is 9.59 Å². The molecule has 0 unspecified atom stereocenters. The third-order valence-electron chi connectivity index (χ3n) is 3.05. The average Bonchev–Trinajstić information content (AvgIpc) is 2.55. The number of rotatable bonds is 7. The number of hydrogen-bond acceptors (Lipinski definition) is 4. The summed E-state index contributed by atoms with van der Waals surface area (Å²) in [5, 5.41) is 3.19. The highest BCUT2D eigenvalue weighted by Gasteiger charge is 2.09. The maximum atomic E-state index is 12.0. The molecule has 1 aromatic carbocycles. The van der Waals surface area contributed by atoms with Crippen LogP contribution in [0.4, 0.5) is 0 Å². The number of methoxy groups -OCH3 is 1. The minimum absolute atomic E-state index is 0.123. The van der Waals surface area contributed by atoms with Crippen molar-refractivity contribution in [2.45, 2.75) is 6.61 Å². The zero-order valence-corrected chi connectivity index (χ0v) is 13.4. The molecule has 0 radical (unpaired) electrons. The van der Waals surface area contributed by atoms with Crippen molar-refractivity contribution in [2.75, 3.05) is 20.3 Å². The van der Waals surface area contributed by atoms with Crippen LogP contribution in [0.3, 0.4) is 0 Å². The van der Waals surface area contributed by atoms with Gasteiger partial charge in [0, 0.05) is 36.5 Å². The predicted molar refractivity (Wildman–Crippen MR) is 87.1 cm³/mol. The lowest BCUT2D eigenvalue weighted by molar-refractivity contribution is 0.0932. The lowest BCUT2D eigenvalue weighted by Crippen LogP contribution is -2.28. The molecule has 0 aliphatic heterocycles. The molecule has 0 aliphatic rings. The van der Waals surface area contributed by atoms with E-state index in [-0.39, 0.29) is 29.4 Å². The molecule has 6 nitrogen and oxygen atoms in total. The summed E-state index contributed by atoms with van der Waals surface area (Å²) < 4.78 is 10.3. The Morgan fingerprint density at radius 1 is 1.35 bits per heavy atom. The van der Waals surface area contributed by atoms with Gasteiger partial charge in [0.05, 0.1) is 6.61 Å². The number of H-pyrrole nitrogens is 1. The molecule has 2 N–H and O–H groups in total.